The highest BCUT2D eigenvalue weighted by molar-refractivity contribution is 9.10. The molecule has 0 aromatic heterocycles. The van der Waals surface area contributed by atoms with Crippen LogP contribution in [0.15, 0.2) is 83.3 Å². The van der Waals surface area contributed by atoms with Crippen molar-refractivity contribution in [3.63, 3.8) is 0 Å². The van der Waals surface area contributed by atoms with Crippen molar-refractivity contribution < 1.29 is 14.3 Å². The van der Waals surface area contributed by atoms with Crippen LogP contribution in [0.1, 0.15) is 30.4 Å². The maximum absolute atomic E-state index is 12.1. The minimum Gasteiger partial charge on any atom is -0.493 e. The molecule has 6 heteroatoms. The summed E-state index contributed by atoms with van der Waals surface area (Å²) in [5, 5.41) is 5.74. The van der Waals surface area contributed by atoms with Crippen LogP contribution in [0.25, 0.3) is 0 Å². The van der Waals surface area contributed by atoms with Gasteiger partial charge in [0.1, 0.15) is 5.75 Å². The van der Waals surface area contributed by atoms with Gasteiger partial charge in [0.2, 0.25) is 11.8 Å². The van der Waals surface area contributed by atoms with Crippen molar-refractivity contribution >= 4 is 33.4 Å². The van der Waals surface area contributed by atoms with Crippen molar-refractivity contribution in [2.75, 3.05) is 11.9 Å². The van der Waals surface area contributed by atoms with E-state index >= 15 is 0 Å². The zero-order valence-corrected chi connectivity index (χ0v) is 19.4. The molecule has 0 radical (unpaired) electrons. The lowest BCUT2D eigenvalue weighted by atomic mass is 10.2. The second-order valence-electron chi connectivity index (χ2n) is 7.42. The number of amides is 2. The summed E-state index contributed by atoms with van der Waals surface area (Å²) in [5.74, 6) is 0.596. The van der Waals surface area contributed by atoms with Crippen molar-refractivity contribution in [2.45, 2.75) is 32.2 Å². The third kappa shape index (κ3) is 8.55. The summed E-state index contributed by atoms with van der Waals surface area (Å²) in [5.41, 5.74) is 2.97. The molecule has 32 heavy (non-hydrogen) atoms. The molecular weight excluding hydrogens is 468 g/mol. The number of carbonyl (C=O) groups is 2. The molecule has 0 heterocycles. The van der Waals surface area contributed by atoms with Gasteiger partial charge in [-0.2, -0.15) is 0 Å². The van der Waals surface area contributed by atoms with Crippen LogP contribution in [0.5, 0.6) is 5.75 Å². The van der Waals surface area contributed by atoms with Crippen LogP contribution in [0.3, 0.4) is 0 Å². The van der Waals surface area contributed by atoms with Gasteiger partial charge in [0, 0.05) is 36.0 Å². The first-order valence-electron chi connectivity index (χ1n) is 10.7. The Labute approximate surface area is 197 Å². The molecule has 0 spiro atoms. The van der Waals surface area contributed by atoms with Crippen molar-refractivity contribution in [3.8, 4) is 5.75 Å². The maximum atomic E-state index is 12.1. The predicted molar refractivity (Wildman–Crippen MR) is 131 cm³/mol. The van der Waals surface area contributed by atoms with Gasteiger partial charge >= 0.3 is 0 Å². The number of ether oxygens (including phenoxy) is 1. The highest BCUT2D eigenvalue weighted by Gasteiger charge is 2.06. The van der Waals surface area contributed by atoms with Gasteiger partial charge in [-0.05, 0) is 53.9 Å². The topological polar surface area (TPSA) is 67.4 Å². The number of carbonyl (C=O) groups excluding carboxylic acids is 2. The Morgan fingerprint density at radius 3 is 2.28 bits per heavy atom. The Hall–Kier alpha value is -3.12. The number of nitrogens with one attached hydrogen (secondary N) is 2. The van der Waals surface area contributed by atoms with Gasteiger partial charge in [-0.1, -0.05) is 58.4 Å². The normalized spacial score (nSPS) is 10.4. The molecule has 0 fully saturated rings. The van der Waals surface area contributed by atoms with E-state index in [-0.39, 0.29) is 11.8 Å². The summed E-state index contributed by atoms with van der Waals surface area (Å²) in [6, 6.07) is 25.3. The van der Waals surface area contributed by atoms with Gasteiger partial charge in [-0.3, -0.25) is 9.59 Å². The third-order valence-electron chi connectivity index (χ3n) is 4.83. The summed E-state index contributed by atoms with van der Waals surface area (Å²) >= 11 is 3.41. The molecule has 0 aliphatic carbocycles. The molecule has 3 aromatic rings. The van der Waals surface area contributed by atoms with E-state index in [4.69, 9.17) is 4.74 Å². The number of benzene rings is 3. The molecule has 0 bridgehead atoms. The zero-order chi connectivity index (χ0) is 22.6. The number of anilines is 1. The summed E-state index contributed by atoms with van der Waals surface area (Å²) in [4.78, 5) is 24.1. The van der Waals surface area contributed by atoms with E-state index in [0.717, 1.165) is 22.2 Å². The van der Waals surface area contributed by atoms with Crippen LogP contribution in [0, 0.1) is 0 Å². The van der Waals surface area contributed by atoms with Gasteiger partial charge in [0.25, 0.3) is 0 Å². The van der Waals surface area contributed by atoms with Gasteiger partial charge in [0.05, 0.1) is 6.61 Å². The largest absolute Gasteiger partial charge is 0.493 e. The van der Waals surface area contributed by atoms with Crippen LogP contribution >= 0.6 is 15.9 Å². The minimum atomic E-state index is -0.109. The molecule has 3 rings (SSSR count). The maximum Gasteiger partial charge on any atom is 0.224 e. The summed E-state index contributed by atoms with van der Waals surface area (Å²) in [6.45, 7) is 1.07. The van der Waals surface area contributed by atoms with E-state index in [1.807, 2.05) is 66.7 Å². The van der Waals surface area contributed by atoms with Crippen molar-refractivity contribution in [1.29, 1.82) is 0 Å². The summed E-state index contributed by atoms with van der Waals surface area (Å²) in [7, 11) is 0. The first-order valence-corrected chi connectivity index (χ1v) is 11.5. The minimum absolute atomic E-state index is 0.0604. The SMILES string of the molecule is O=C(CCCC(=O)Nc1ccc(OCCc2ccccc2)cc1)NCc1cccc(Br)c1. The van der Waals surface area contributed by atoms with E-state index < -0.39 is 0 Å². The van der Waals surface area contributed by atoms with Crippen molar-refractivity contribution in [2.24, 2.45) is 0 Å². The molecule has 5 nitrogen and oxygen atoms in total. The smallest absolute Gasteiger partial charge is 0.224 e. The fourth-order valence-corrected chi connectivity index (χ4v) is 3.58. The van der Waals surface area contributed by atoms with Gasteiger partial charge in [-0.25, -0.2) is 0 Å². The first-order chi connectivity index (χ1) is 15.6. The molecule has 2 amide bonds. The number of hydrogen-bond donors (Lipinski definition) is 2. The lowest BCUT2D eigenvalue weighted by Crippen LogP contribution is -2.23. The molecular formula is C26H27BrN2O3. The fraction of sp³-hybridized carbons (Fsp3) is 0.231. The Morgan fingerprint density at radius 1 is 0.812 bits per heavy atom. The highest BCUT2D eigenvalue weighted by atomic mass is 79.9. The van der Waals surface area contributed by atoms with E-state index in [1.54, 1.807) is 0 Å². The quantitative estimate of drug-likeness (QED) is 0.370. The van der Waals surface area contributed by atoms with Gasteiger partial charge in [-0.15, -0.1) is 0 Å². The molecule has 3 aromatic carbocycles. The molecule has 0 atom stereocenters. The van der Waals surface area contributed by atoms with Crippen LogP contribution < -0.4 is 15.4 Å². The molecule has 0 saturated carbocycles. The van der Waals surface area contributed by atoms with E-state index in [0.29, 0.717) is 38.1 Å². The van der Waals surface area contributed by atoms with E-state index in [2.05, 4.69) is 38.7 Å². The molecule has 2 N–H and O–H groups in total. The monoisotopic (exact) mass is 494 g/mol. The van der Waals surface area contributed by atoms with Crippen LogP contribution in [-0.2, 0) is 22.6 Å². The molecule has 166 valence electrons. The third-order valence-corrected chi connectivity index (χ3v) is 5.32. The number of rotatable bonds is 11. The second kappa shape index (κ2) is 12.7. The fourth-order valence-electron chi connectivity index (χ4n) is 3.13. The highest BCUT2D eigenvalue weighted by Crippen LogP contribution is 2.17. The predicted octanol–water partition coefficient (Wildman–Crippen LogP) is 5.50. The molecule has 0 unspecified atom stereocenters. The van der Waals surface area contributed by atoms with Crippen molar-refractivity contribution in [3.05, 3.63) is 94.5 Å². The summed E-state index contributed by atoms with van der Waals surface area (Å²) < 4.78 is 6.74. The van der Waals surface area contributed by atoms with Crippen LogP contribution in [-0.4, -0.2) is 18.4 Å². The lowest BCUT2D eigenvalue weighted by molar-refractivity contribution is -0.121. The van der Waals surface area contributed by atoms with E-state index in [9.17, 15) is 9.59 Å². The molecule has 0 saturated heterocycles. The standard InChI is InChI=1S/C26H27BrN2O3/c27-22-9-4-8-21(18-22)19-28-25(30)10-5-11-26(31)29-23-12-14-24(15-13-23)32-17-16-20-6-2-1-3-7-20/h1-4,6-9,12-15,18H,5,10-11,16-17,19H2,(H,28,30)(H,29,31). The Kier molecular flexibility index (Phi) is 9.32. The molecule has 0 aliphatic heterocycles. The zero-order valence-electron chi connectivity index (χ0n) is 17.9. The number of hydrogen-bond acceptors (Lipinski definition) is 3. The average Bonchev–Trinajstić information content (AvgIpc) is 2.80. The average molecular weight is 495 g/mol. The van der Waals surface area contributed by atoms with Gasteiger partial charge in [0.15, 0.2) is 0 Å². The second-order valence-corrected chi connectivity index (χ2v) is 8.33. The van der Waals surface area contributed by atoms with Crippen LogP contribution in [0.4, 0.5) is 5.69 Å². The van der Waals surface area contributed by atoms with Crippen molar-refractivity contribution in [1.82, 2.24) is 5.32 Å². The Balaban J connectivity index is 1.30. The first kappa shape index (κ1) is 23.5. The summed E-state index contributed by atoms with van der Waals surface area (Å²) in [6.07, 6.45) is 1.95. The van der Waals surface area contributed by atoms with E-state index in [1.165, 1.54) is 5.56 Å². The lowest BCUT2D eigenvalue weighted by Gasteiger charge is -2.09. The van der Waals surface area contributed by atoms with Gasteiger partial charge < -0.3 is 15.4 Å². The number of halogens is 1. The Morgan fingerprint density at radius 2 is 1.53 bits per heavy atom. The Bertz CT molecular complexity index is 1010. The molecule has 0 aliphatic rings. The van der Waals surface area contributed by atoms with Crippen LogP contribution in [0.2, 0.25) is 0 Å².